The van der Waals surface area contributed by atoms with Crippen LogP contribution in [0.15, 0.2) is 83.8 Å². The molecule has 0 unspecified atom stereocenters. The molecular formula is C22H19ClN2O2S. The van der Waals surface area contributed by atoms with E-state index in [4.69, 9.17) is 11.6 Å². The molecule has 3 rings (SSSR count). The summed E-state index contributed by atoms with van der Waals surface area (Å²) in [5.41, 5.74) is 1.90. The van der Waals surface area contributed by atoms with Gasteiger partial charge in [0.05, 0.1) is 5.25 Å². The molecule has 2 N–H and O–H groups in total. The molecule has 0 radical (unpaired) electrons. The van der Waals surface area contributed by atoms with Crippen molar-refractivity contribution >= 4 is 46.6 Å². The molecule has 3 aromatic carbocycles. The molecule has 1 atom stereocenters. The molecule has 0 saturated heterocycles. The third kappa shape index (κ3) is 5.62. The highest BCUT2D eigenvalue weighted by Crippen LogP contribution is 2.25. The molecule has 6 heteroatoms. The lowest BCUT2D eigenvalue weighted by atomic mass is 10.2. The van der Waals surface area contributed by atoms with Crippen molar-refractivity contribution in [3.63, 3.8) is 0 Å². The number of hydrogen-bond donors (Lipinski definition) is 2. The summed E-state index contributed by atoms with van der Waals surface area (Å²) < 4.78 is 0. The first-order chi connectivity index (χ1) is 13.5. The number of amides is 2. The number of halogens is 1. The minimum Gasteiger partial charge on any atom is -0.325 e. The lowest BCUT2D eigenvalue weighted by Gasteiger charge is -2.12. The SMILES string of the molecule is C[C@@H](Sc1ccc(Cl)cc1)C(=O)Nc1ccc(C(=O)Nc2ccccc2)cc1. The van der Waals surface area contributed by atoms with Gasteiger partial charge in [-0.15, -0.1) is 11.8 Å². The zero-order chi connectivity index (χ0) is 19.9. The Morgan fingerprint density at radius 1 is 0.821 bits per heavy atom. The van der Waals surface area contributed by atoms with E-state index in [1.807, 2.05) is 49.4 Å². The Bertz CT molecular complexity index is 945. The minimum absolute atomic E-state index is 0.110. The number of nitrogens with one attached hydrogen (secondary N) is 2. The van der Waals surface area contributed by atoms with Crippen molar-refractivity contribution < 1.29 is 9.59 Å². The third-order valence-corrected chi connectivity index (χ3v) is 5.31. The van der Waals surface area contributed by atoms with Gasteiger partial charge in [-0.25, -0.2) is 0 Å². The largest absolute Gasteiger partial charge is 0.325 e. The van der Waals surface area contributed by atoms with Crippen LogP contribution in [0.4, 0.5) is 11.4 Å². The van der Waals surface area contributed by atoms with Gasteiger partial charge in [0.2, 0.25) is 5.91 Å². The van der Waals surface area contributed by atoms with Gasteiger partial charge in [-0.1, -0.05) is 29.8 Å². The molecule has 0 saturated carbocycles. The van der Waals surface area contributed by atoms with Crippen molar-refractivity contribution in [1.29, 1.82) is 0 Å². The number of benzene rings is 3. The van der Waals surface area contributed by atoms with E-state index in [0.717, 1.165) is 10.6 Å². The first-order valence-electron chi connectivity index (χ1n) is 8.71. The van der Waals surface area contributed by atoms with Gasteiger partial charge in [0, 0.05) is 26.9 Å². The molecule has 0 fully saturated rings. The van der Waals surface area contributed by atoms with E-state index >= 15 is 0 Å². The molecule has 0 aromatic heterocycles. The number of hydrogen-bond acceptors (Lipinski definition) is 3. The summed E-state index contributed by atoms with van der Waals surface area (Å²) in [5.74, 6) is -0.308. The van der Waals surface area contributed by atoms with Gasteiger partial charge < -0.3 is 10.6 Å². The maximum Gasteiger partial charge on any atom is 0.255 e. The highest BCUT2D eigenvalue weighted by molar-refractivity contribution is 8.00. The Morgan fingerprint density at radius 3 is 2.07 bits per heavy atom. The van der Waals surface area contributed by atoms with Crippen LogP contribution in [0.25, 0.3) is 0 Å². The van der Waals surface area contributed by atoms with Gasteiger partial charge in [0.1, 0.15) is 0 Å². The van der Waals surface area contributed by atoms with Crippen LogP contribution in [0, 0.1) is 0 Å². The summed E-state index contributed by atoms with van der Waals surface area (Å²) in [6, 6.07) is 23.4. The second-order valence-electron chi connectivity index (χ2n) is 6.10. The zero-order valence-corrected chi connectivity index (χ0v) is 16.8. The van der Waals surface area contributed by atoms with Crippen LogP contribution in [-0.4, -0.2) is 17.1 Å². The second-order valence-corrected chi connectivity index (χ2v) is 7.95. The predicted octanol–water partition coefficient (Wildman–Crippen LogP) is 5.71. The molecule has 142 valence electrons. The Kier molecular flexibility index (Phi) is 6.74. The summed E-state index contributed by atoms with van der Waals surface area (Å²) in [5, 5.41) is 6.09. The first-order valence-corrected chi connectivity index (χ1v) is 9.96. The number of carbonyl (C=O) groups excluding carboxylic acids is 2. The summed E-state index contributed by atoms with van der Waals surface area (Å²) in [6.07, 6.45) is 0. The molecule has 0 heterocycles. The average molecular weight is 411 g/mol. The fourth-order valence-electron chi connectivity index (χ4n) is 2.44. The number of carbonyl (C=O) groups is 2. The standard InChI is InChI=1S/C22H19ClN2O2S/c1-15(28-20-13-9-17(23)10-14-20)21(26)24-19-11-7-16(8-12-19)22(27)25-18-5-3-2-4-6-18/h2-15H,1H3,(H,24,26)(H,25,27)/t15-/m1/s1. The van der Waals surface area contributed by atoms with Gasteiger partial charge in [-0.3, -0.25) is 9.59 Å². The Morgan fingerprint density at radius 2 is 1.43 bits per heavy atom. The minimum atomic E-state index is -0.276. The summed E-state index contributed by atoms with van der Waals surface area (Å²) in [4.78, 5) is 25.7. The summed E-state index contributed by atoms with van der Waals surface area (Å²) in [6.45, 7) is 1.84. The van der Waals surface area contributed by atoms with Crippen molar-refractivity contribution in [2.45, 2.75) is 17.1 Å². The average Bonchev–Trinajstić information content (AvgIpc) is 2.71. The zero-order valence-electron chi connectivity index (χ0n) is 15.2. The highest BCUT2D eigenvalue weighted by Gasteiger charge is 2.15. The Balaban J connectivity index is 1.56. The maximum absolute atomic E-state index is 12.4. The van der Waals surface area contributed by atoms with Crippen molar-refractivity contribution in [3.05, 3.63) is 89.4 Å². The molecule has 0 bridgehead atoms. The van der Waals surface area contributed by atoms with E-state index < -0.39 is 0 Å². The van der Waals surface area contributed by atoms with Gasteiger partial charge >= 0.3 is 0 Å². The van der Waals surface area contributed by atoms with E-state index in [9.17, 15) is 9.59 Å². The molecule has 0 aliphatic carbocycles. The second kappa shape index (κ2) is 9.44. The normalized spacial score (nSPS) is 11.5. The lowest BCUT2D eigenvalue weighted by Crippen LogP contribution is -2.22. The molecule has 0 aliphatic heterocycles. The van der Waals surface area contributed by atoms with Crippen molar-refractivity contribution in [2.24, 2.45) is 0 Å². The molecule has 0 spiro atoms. The fraction of sp³-hybridized carbons (Fsp3) is 0.0909. The smallest absolute Gasteiger partial charge is 0.255 e. The number of anilines is 2. The monoisotopic (exact) mass is 410 g/mol. The number of thioether (sulfide) groups is 1. The van der Waals surface area contributed by atoms with E-state index in [1.165, 1.54) is 11.8 Å². The predicted molar refractivity (Wildman–Crippen MR) is 116 cm³/mol. The third-order valence-electron chi connectivity index (χ3n) is 3.94. The van der Waals surface area contributed by atoms with E-state index in [2.05, 4.69) is 10.6 Å². The van der Waals surface area contributed by atoms with Gasteiger partial charge in [0.15, 0.2) is 0 Å². The van der Waals surface area contributed by atoms with Crippen LogP contribution in [0.2, 0.25) is 5.02 Å². The molecular weight excluding hydrogens is 392 g/mol. The van der Waals surface area contributed by atoms with Crippen LogP contribution in [-0.2, 0) is 4.79 Å². The highest BCUT2D eigenvalue weighted by atomic mass is 35.5. The summed E-state index contributed by atoms with van der Waals surface area (Å²) >= 11 is 7.34. The van der Waals surface area contributed by atoms with Crippen LogP contribution < -0.4 is 10.6 Å². The lowest BCUT2D eigenvalue weighted by molar-refractivity contribution is -0.115. The topological polar surface area (TPSA) is 58.2 Å². The maximum atomic E-state index is 12.4. The van der Waals surface area contributed by atoms with Crippen molar-refractivity contribution in [3.8, 4) is 0 Å². The number of rotatable bonds is 6. The quantitative estimate of drug-likeness (QED) is 0.511. The molecule has 0 aliphatic rings. The molecule has 3 aromatic rings. The molecule has 28 heavy (non-hydrogen) atoms. The van der Waals surface area contributed by atoms with Crippen LogP contribution in [0.1, 0.15) is 17.3 Å². The van der Waals surface area contributed by atoms with Crippen LogP contribution >= 0.6 is 23.4 Å². The Labute approximate surface area is 173 Å². The van der Waals surface area contributed by atoms with Crippen molar-refractivity contribution in [2.75, 3.05) is 10.6 Å². The van der Waals surface area contributed by atoms with E-state index in [0.29, 0.717) is 16.3 Å². The van der Waals surface area contributed by atoms with Crippen LogP contribution in [0.5, 0.6) is 0 Å². The number of para-hydroxylation sites is 1. The van der Waals surface area contributed by atoms with Crippen LogP contribution in [0.3, 0.4) is 0 Å². The summed E-state index contributed by atoms with van der Waals surface area (Å²) in [7, 11) is 0. The fourth-order valence-corrected chi connectivity index (χ4v) is 3.44. The first kappa shape index (κ1) is 20.0. The van der Waals surface area contributed by atoms with E-state index in [1.54, 1.807) is 36.4 Å². The van der Waals surface area contributed by atoms with Crippen molar-refractivity contribution in [1.82, 2.24) is 0 Å². The molecule has 2 amide bonds. The Hall–Kier alpha value is -2.76. The molecule has 4 nitrogen and oxygen atoms in total. The van der Waals surface area contributed by atoms with Gasteiger partial charge in [-0.2, -0.15) is 0 Å². The van der Waals surface area contributed by atoms with E-state index in [-0.39, 0.29) is 17.1 Å². The van der Waals surface area contributed by atoms with Gasteiger partial charge in [-0.05, 0) is 67.6 Å². The van der Waals surface area contributed by atoms with Gasteiger partial charge in [0.25, 0.3) is 5.91 Å².